The van der Waals surface area contributed by atoms with Crippen LogP contribution in [0.4, 0.5) is 5.69 Å². The molecule has 1 atom stereocenters. The average molecular weight is 464 g/mol. The highest BCUT2D eigenvalue weighted by atomic mass is 16.5. The molecule has 0 fully saturated rings. The van der Waals surface area contributed by atoms with E-state index in [2.05, 4.69) is 59.0 Å². The minimum absolute atomic E-state index is 0.182. The van der Waals surface area contributed by atoms with Crippen molar-refractivity contribution >= 4 is 11.5 Å². The summed E-state index contributed by atoms with van der Waals surface area (Å²) in [5, 5.41) is 14.8. The molecule has 0 amide bonds. The lowest BCUT2D eigenvalue weighted by Crippen LogP contribution is -2.28. The van der Waals surface area contributed by atoms with Crippen LogP contribution in [0.25, 0.3) is 0 Å². The number of methoxy groups -OCH3 is 2. The summed E-state index contributed by atoms with van der Waals surface area (Å²) < 4.78 is 11.2. The lowest BCUT2D eigenvalue weighted by molar-refractivity contribution is -0.116. The zero-order valence-electron chi connectivity index (χ0n) is 21.7. The summed E-state index contributed by atoms with van der Waals surface area (Å²) >= 11 is 0. The van der Waals surface area contributed by atoms with E-state index in [0.29, 0.717) is 23.7 Å². The molecule has 1 unspecified atom stereocenters. The fraction of sp³-hybridized carbons (Fsp3) is 0.483. The molecular weight excluding hydrogens is 426 g/mol. The van der Waals surface area contributed by atoms with Gasteiger partial charge in [0.25, 0.3) is 0 Å². The molecule has 0 saturated heterocycles. The minimum atomic E-state index is -0.263. The number of hydrogen-bond acceptors (Lipinski definition) is 5. The summed E-state index contributed by atoms with van der Waals surface area (Å²) in [4.78, 5) is 13.3. The van der Waals surface area contributed by atoms with Crippen LogP contribution in [0.2, 0.25) is 0 Å². The molecular formula is C29H37NO4. The maximum Gasteiger partial charge on any atom is 0.162 e. The summed E-state index contributed by atoms with van der Waals surface area (Å²) in [6.45, 7) is 12.7. The van der Waals surface area contributed by atoms with E-state index >= 15 is 0 Å². The summed E-state index contributed by atoms with van der Waals surface area (Å²) in [6, 6.07) is 8.12. The van der Waals surface area contributed by atoms with Gasteiger partial charge in [-0.05, 0) is 52.0 Å². The molecule has 0 spiro atoms. The van der Waals surface area contributed by atoms with E-state index in [9.17, 15) is 9.90 Å². The van der Waals surface area contributed by atoms with Crippen LogP contribution in [0.1, 0.15) is 89.0 Å². The van der Waals surface area contributed by atoms with Crippen LogP contribution in [0.5, 0.6) is 17.2 Å². The van der Waals surface area contributed by atoms with Gasteiger partial charge in [-0.1, -0.05) is 53.7 Å². The summed E-state index contributed by atoms with van der Waals surface area (Å²) in [7, 11) is 3.26. The lowest BCUT2D eigenvalue weighted by atomic mass is 9.71. The standard InChI is InChI=1S/C29H37NO4/c1-28(2,3)18-12-16(13-19(27(18)32)29(4,5)6)25-17-14-23(33-7)24(34-8)15-21(17)30-20-10-9-11-22(31)26(20)25/h12-15,25,30,32H,9-11H2,1-8H3. The normalized spacial score (nSPS) is 18.2. The van der Waals surface area contributed by atoms with Gasteiger partial charge in [0, 0.05) is 35.4 Å². The van der Waals surface area contributed by atoms with Crippen LogP contribution in [-0.2, 0) is 15.6 Å². The molecule has 1 aliphatic carbocycles. The van der Waals surface area contributed by atoms with E-state index in [1.165, 1.54) is 0 Å². The number of allylic oxidation sites excluding steroid dienone is 2. The van der Waals surface area contributed by atoms with Crippen molar-refractivity contribution in [3.05, 3.63) is 57.8 Å². The van der Waals surface area contributed by atoms with Gasteiger partial charge in [0.15, 0.2) is 17.3 Å². The maximum atomic E-state index is 13.3. The molecule has 2 N–H and O–H groups in total. The third-order valence-corrected chi connectivity index (χ3v) is 6.98. The third-order valence-electron chi connectivity index (χ3n) is 6.98. The van der Waals surface area contributed by atoms with E-state index < -0.39 is 0 Å². The fourth-order valence-corrected chi connectivity index (χ4v) is 5.20. The monoisotopic (exact) mass is 463 g/mol. The largest absolute Gasteiger partial charge is 0.507 e. The zero-order valence-corrected chi connectivity index (χ0v) is 21.7. The van der Waals surface area contributed by atoms with Crippen molar-refractivity contribution in [2.45, 2.75) is 77.6 Å². The number of hydrogen-bond donors (Lipinski definition) is 2. The van der Waals surface area contributed by atoms with Crippen molar-refractivity contribution in [3.8, 4) is 17.2 Å². The van der Waals surface area contributed by atoms with E-state index in [0.717, 1.165) is 52.1 Å². The van der Waals surface area contributed by atoms with Crippen LogP contribution in [0.15, 0.2) is 35.5 Å². The molecule has 0 bridgehead atoms. The summed E-state index contributed by atoms with van der Waals surface area (Å²) in [5.74, 6) is 1.55. The number of rotatable bonds is 3. The highest BCUT2D eigenvalue weighted by Crippen LogP contribution is 2.50. The van der Waals surface area contributed by atoms with Gasteiger partial charge in [0.2, 0.25) is 0 Å². The van der Waals surface area contributed by atoms with Gasteiger partial charge in [0.05, 0.1) is 14.2 Å². The Bertz CT molecular complexity index is 1140. The Morgan fingerprint density at radius 1 is 0.882 bits per heavy atom. The quantitative estimate of drug-likeness (QED) is 0.539. The number of Topliss-reactive ketones (excluding diaryl/α,β-unsaturated/α-hetero) is 1. The number of nitrogens with one attached hydrogen (secondary N) is 1. The Morgan fingerprint density at radius 3 is 1.97 bits per heavy atom. The number of fused-ring (bicyclic) bond motifs is 1. The van der Waals surface area contributed by atoms with Gasteiger partial charge < -0.3 is 19.9 Å². The Kier molecular flexibility index (Phi) is 5.95. The molecule has 34 heavy (non-hydrogen) atoms. The molecule has 2 aromatic rings. The summed E-state index contributed by atoms with van der Waals surface area (Å²) in [6.07, 6.45) is 2.23. The van der Waals surface area contributed by atoms with Gasteiger partial charge in [0.1, 0.15) is 5.75 Å². The number of anilines is 1. The predicted molar refractivity (Wildman–Crippen MR) is 136 cm³/mol. The molecule has 1 heterocycles. The number of ether oxygens (including phenoxy) is 2. The number of phenolic OH excluding ortho intramolecular Hbond substituents is 1. The van der Waals surface area contributed by atoms with Crippen molar-refractivity contribution in [2.24, 2.45) is 0 Å². The van der Waals surface area contributed by atoms with Gasteiger partial charge in [-0.25, -0.2) is 0 Å². The number of benzene rings is 2. The Balaban J connectivity index is 2.06. The second kappa shape index (κ2) is 8.37. The van der Waals surface area contributed by atoms with E-state index in [1.807, 2.05) is 12.1 Å². The Labute approximate surface area is 203 Å². The molecule has 2 aromatic carbocycles. The van der Waals surface area contributed by atoms with Crippen LogP contribution >= 0.6 is 0 Å². The van der Waals surface area contributed by atoms with Gasteiger partial charge in [-0.15, -0.1) is 0 Å². The summed E-state index contributed by atoms with van der Waals surface area (Å²) in [5.41, 5.74) is 6.01. The van der Waals surface area contributed by atoms with E-state index in [1.54, 1.807) is 14.2 Å². The number of ketones is 1. The number of phenols is 1. The fourth-order valence-electron chi connectivity index (χ4n) is 5.20. The number of carbonyl (C=O) groups is 1. The maximum absolute atomic E-state index is 13.3. The average Bonchev–Trinajstić information content (AvgIpc) is 2.75. The van der Waals surface area contributed by atoms with Crippen molar-refractivity contribution < 1.29 is 19.4 Å². The Hall–Kier alpha value is -2.95. The van der Waals surface area contributed by atoms with Gasteiger partial charge in [-0.2, -0.15) is 0 Å². The molecule has 0 aromatic heterocycles. The van der Waals surface area contributed by atoms with Gasteiger partial charge in [-0.3, -0.25) is 4.79 Å². The molecule has 2 aliphatic rings. The van der Waals surface area contributed by atoms with Crippen molar-refractivity contribution in [1.29, 1.82) is 0 Å². The highest BCUT2D eigenvalue weighted by molar-refractivity contribution is 6.01. The van der Waals surface area contributed by atoms with Crippen LogP contribution in [0.3, 0.4) is 0 Å². The van der Waals surface area contributed by atoms with Crippen LogP contribution in [-0.4, -0.2) is 25.1 Å². The smallest absolute Gasteiger partial charge is 0.162 e. The van der Waals surface area contributed by atoms with Crippen molar-refractivity contribution in [3.63, 3.8) is 0 Å². The lowest BCUT2D eigenvalue weighted by Gasteiger charge is -2.36. The predicted octanol–water partition coefficient (Wildman–Crippen LogP) is 6.57. The zero-order chi connectivity index (χ0) is 25.0. The molecule has 1 aliphatic heterocycles. The SMILES string of the molecule is COc1cc2c(cc1OC)C(c1cc(C(C)(C)C)c(O)c(C(C)(C)C)c1)C1=C(CCCC1=O)N2. The topological polar surface area (TPSA) is 67.8 Å². The number of aromatic hydroxyl groups is 1. The molecule has 5 nitrogen and oxygen atoms in total. The van der Waals surface area contributed by atoms with Crippen molar-refractivity contribution in [1.82, 2.24) is 0 Å². The minimum Gasteiger partial charge on any atom is -0.507 e. The first-order valence-electron chi connectivity index (χ1n) is 12.0. The first kappa shape index (κ1) is 24.2. The second-order valence-electron chi connectivity index (χ2n) is 11.5. The molecule has 0 radical (unpaired) electrons. The molecule has 4 rings (SSSR count). The number of carbonyl (C=O) groups excluding carboxylic acids is 1. The molecule has 5 heteroatoms. The van der Waals surface area contributed by atoms with Gasteiger partial charge >= 0.3 is 0 Å². The van der Waals surface area contributed by atoms with Crippen LogP contribution < -0.4 is 14.8 Å². The van der Waals surface area contributed by atoms with E-state index in [-0.39, 0.29) is 22.5 Å². The molecule has 0 saturated carbocycles. The Morgan fingerprint density at radius 2 is 1.44 bits per heavy atom. The second-order valence-corrected chi connectivity index (χ2v) is 11.5. The first-order valence-corrected chi connectivity index (χ1v) is 12.0. The first-order chi connectivity index (χ1) is 15.9. The van der Waals surface area contributed by atoms with E-state index in [4.69, 9.17) is 9.47 Å². The van der Waals surface area contributed by atoms with Crippen molar-refractivity contribution in [2.75, 3.05) is 19.5 Å². The molecule has 182 valence electrons. The third kappa shape index (κ3) is 4.06. The van der Waals surface area contributed by atoms with Crippen LogP contribution in [0, 0.1) is 0 Å². The highest BCUT2D eigenvalue weighted by Gasteiger charge is 2.38.